The Morgan fingerprint density at radius 3 is 2.60 bits per heavy atom. The molecule has 4 N–H and O–H groups in total. The normalized spacial score (nSPS) is 11.8. The molecule has 0 bridgehead atoms. The van der Waals surface area contributed by atoms with Crippen LogP contribution in [0.3, 0.4) is 0 Å². The van der Waals surface area contributed by atoms with E-state index in [0.717, 1.165) is 23.7 Å². The number of nitrogens with two attached hydrogens (primary N) is 1. The van der Waals surface area contributed by atoms with E-state index in [1.165, 1.54) is 23.5 Å². The lowest BCUT2D eigenvalue weighted by molar-refractivity contribution is 0.389. The van der Waals surface area contributed by atoms with Gasteiger partial charge in [-0.05, 0) is 36.1 Å². The number of hydrogen-bond acceptors (Lipinski definition) is 6. The standard InChI is InChI=1S/C13H18N4O2S/c1-17(2,7-3-6-14)13-16-15-12(20-13)9-4-5-10(18)11(19)8-9/h4-5,8H,3,6-7,14H2,1-2H3,(H-,15,18,19)/p+1. The van der Waals surface area contributed by atoms with E-state index in [4.69, 9.17) is 5.73 Å². The number of phenolic OH excluding ortho intramolecular Hbond substituents is 2. The predicted molar refractivity (Wildman–Crippen MR) is 80.9 cm³/mol. The quantitative estimate of drug-likeness (QED) is 0.574. The summed E-state index contributed by atoms with van der Waals surface area (Å²) >= 11 is 1.47. The molecule has 2 aromatic rings. The van der Waals surface area contributed by atoms with Crippen LogP contribution in [0.15, 0.2) is 18.2 Å². The number of aromatic nitrogens is 2. The van der Waals surface area contributed by atoms with E-state index in [0.29, 0.717) is 16.0 Å². The van der Waals surface area contributed by atoms with Crippen LogP contribution < -0.4 is 10.2 Å². The summed E-state index contributed by atoms with van der Waals surface area (Å²) in [6.07, 6.45) is 0.919. The fourth-order valence-electron chi connectivity index (χ4n) is 1.82. The average molecular weight is 295 g/mol. The smallest absolute Gasteiger partial charge is 0.306 e. The minimum absolute atomic E-state index is 0.141. The van der Waals surface area contributed by atoms with Crippen LogP contribution in [-0.4, -0.2) is 47.6 Å². The molecule has 0 atom stereocenters. The zero-order chi connectivity index (χ0) is 14.8. The Kier molecular flexibility index (Phi) is 4.22. The van der Waals surface area contributed by atoms with E-state index in [9.17, 15) is 10.2 Å². The first-order valence-corrected chi connectivity index (χ1v) is 7.15. The number of aromatic hydroxyl groups is 2. The van der Waals surface area contributed by atoms with Gasteiger partial charge < -0.3 is 15.9 Å². The van der Waals surface area contributed by atoms with Crippen LogP contribution >= 0.6 is 11.3 Å². The molecule has 2 rings (SSSR count). The van der Waals surface area contributed by atoms with E-state index in [2.05, 4.69) is 24.3 Å². The Bertz CT molecular complexity index is 598. The van der Waals surface area contributed by atoms with Crippen molar-refractivity contribution in [3.63, 3.8) is 0 Å². The molecule has 0 aliphatic carbocycles. The van der Waals surface area contributed by atoms with E-state index in [-0.39, 0.29) is 11.5 Å². The summed E-state index contributed by atoms with van der Waals surface area (Å²) in [6.45, 7) is 1.55. The van der Waals surface area contributed by atoms with Gasteiger partial charge in [-0.25, -0.2) is 0 Å². The van der Waals surface area contributed by atoms with Crippen molar-refractivity contribution in [3.05, 3.63) is 18.2 Å². The maximum Gasteiger partial charge on any atom is 0.306 e. The maximum atomic E-state index is 9.53. The number of quaternary nitrogens is 1. The molecule has 0 saturated carbocycles. The van der Waals surface area contributed by atoms with Crippen LogP contribution in [-0.2, 0) is 0 Å². The first kappa shape index (κ1) is 14.7. The summed E-state index contributed by atoms with van der Waals surface area (Å²) in [5.41, 5.74) is 6.29. The Balaban J connectivity index is 2.26. The lowest BCUT2D eigenvalue weighted by atomic mass is 10.2. The lowest BCUT2D eigenvalue weighted by Crippen LogP contribution is -2.42. The molecule has 0 radical (unpaired) electrons. The molecule has 1 heterocycles. The minimum atomic E-state index is -0.156. The maximum absolute atomic E-state index is 9.53. The summed E-state index contributed by atoms with van der Waals surface area (Å²) in [5.74, 6) is -0.298. The zero-order valence-corrected chi connectivity index (χ0v) is 12.4. The van der Waals surface area contributed by atoms with Crippen LogP contribution in [0.25, 0.3) is 10.6 Å². The second-order valence-electron chi connectivity index (χ2n) is 5.14. The highest BCUT2D eigenvalue weighted by molar-refractivity contribution is 7.18. The zero-order valence-electron chi connectivity index (χ0n) is 11.6. The van der Waals surface area contributed by atoms with Gasteiger partial charge in [0.15, 0.2) is 16.5 Å². The van der Waals surface area contributed by atoms with Crippen LogP contribution in [0.5, 0.6) is 11.5 Å². The van der Waals surface area contributed by atoms with Crippen molar-refractivity contribution in [3.8, 4) is 22.1 Å². The SMILES string of the molecule is C[N+](C)(CCCN)c1nnc(-c2ccc(O)c(O)c2)s1. The van der Waals surface area contributed by atoms with E-state index in [1.807, 2.05) is 0 Å². The van der Waals surface area contributed by atoms with Crippen LogP contribution in [0.1, 0.15) is 6.42 Å². The summed E-state index contributed by atoms with van der Waals surface area (Å²) in [4.78, 5) is 0. The molecule has 1 aromatic carbocycles. The Hall–Kier alpha value is -1.70. The molecule has 7 heteroatoms. The number of rotatable bonds is 5. The molecule has 0 aliphatic heterocycles. The van der Waals surface area contributed by atoms with Gasteiger partial charge in [-0.1, -0.05) is 5.10 Å². The van der Waals surface area contributed by atoms with Crippen molar-refractivity contribution in [1.29, 1.82) is 0 Å². The average Bonchev–Trinajstić information content (AvgIpc) is 2.90. The third-order valence-electron chi connectivity index (χ3n) is 3.08. The van der Waals surface area contributed by atoms with Gasteiger partial charge in [0.1, 0.15) is 0 Å². The third kappa shape index (κ3) is 3.06. The molecular weight excluding hydrogens is 276 g/mol. The first-order chi connectivity index (χ1) is 9.44. The highest BCUT2D eigenvalue weighted by Gasteiger charge is 2.24. The molecule has 1 aromatic heterocycles. The van der Waals surface area contributed by atoms with Crippen molar-refractivity contribution >= 4 is 16.5 Å². The number of phenols is 2. The van der Waals surface area contributed by atoms with E-state index in [1.54, 1.807) is 6.07 Å². The van der Waals surface area contributed by atoms with Gasteiger partial charge in [0, 0.05) is 12.0 Å². The Morgan fingerprint density at radius 1 is 1.20 bits per heavy atom. The number of nitrogens with zero attached hydrogens (tertiary/aromatic N) is 3. The fraction of sp³-hybridized carbons (Fsp3) is 0.385. The minimum Gasteiger partial charge on any atom is -0.504 e. The fourth-order valence-corrected chi connectivity index (χ4v) is 2.73. The Labute approximate surface area is 121 Å². The lowest BCUT2D eigenvalue weighted by Gasteiger charge is -2.24. The molecule has 0 unspecified atom stereocenters. The summed E-state index contributed by atoms with van der Waals surface area (Å²) in [7, 11) is 4.13. The topological polar surface area (TPSA) is 92.3 Å². The second kappa shape index (κ2) is 5.74. The summed E-state index contributed by atoms with van der Waals surface area (Å²) in [5, 5.41) is 28.8. The number of hydrogen-bond donors (Lipinski definition) is 3. The van der Waals surface area contributed by atoms with Crippen molar-refractivity contribution in [1.82, 2.24) is 14.7 Å². The van der Waals surface area contributed by atoms with Crippen LogP contribution in [0.4, 0.5) is 5.13 Å². The molecule has 6 nitrogen and oxygen atoms in total. The summed E-state index contributed by atoms with van der Waals surface area (Å²) in [6, 6.07) is 4.64. The third-order valence-corrected chi connectivity index (χ3v) is 4.34. The largest absolute Gasteiger partial charge is 0.504 e. The van der Waals surface area contributed by atoms with Crippen LogP contribution in [0, 0.1) is 0 Å². The Morgan fingerprint density at radius 2 is 1.95 bits per heavy atom. The molecule has 0 amide bonds. The molecule has 0 aliphatic rings. The highest BCUT2D eigenvalue weighted by atomic mass is 32.1. The van der Waals surface area contributed by atoms with E-state index >= 15 is 0 Å². The molecule has 0 spiro atoms. The van der Waals surface area contributed by atoms with Gasteiger partial charge in [-0.2, -0.15) is 0 Å². The van der Waals surface area contributed by atoms with Gasteiger partial charge in [0.05, 0.1) is 20.6 Å². The molecule has 108 valence electrons. The van der Waals surface area contributed by atoms with Crippen molar-refractivity contribution in [2.45, 2.75) is 6.42 Å². The van der Waals surface area contributed by atoms with Gasteiger partial charge >= 0.3 is 5.13 Å². The molecule has 20 heavy (non-hydrogen) atoms. The molecule has 0 saturated heterocycles. The first-order valence-electron chi connectivity index (χ1n) is 6.33. The monoisotopic (exact) mass is 295 g/mol. The molecular formula is C13H19N4O2S+. The van der Waals surface area contributed by atoms with Gasteiger partial charge in [-0.3, -0.25) is 4.48 Å². The highest BCUT2D eigenvalue weighted by Crippen LogP contribution is 2.34. The van der Waals surface area contributed by atoms with Crippen molar-refractivity contribution in [2.24, 2.45) is 5.73 Å². The predicted octanol–water partition coefficient (Wildman–Crippen LogP) is 1.53. The number of benzene rings is 1. The van der Waals surface area contributed by atoms with Crippen LogP contribution in [0.2, 0.25) is 0 Å². The summed E-state index contributed by atoms with van der Waals surface area (Å²) < 4.78 is 0.624. The molecule has 0 fully saturated rings. The van der Waals surface area contributed by atoms with Crippen molar-refractivity contribution < 1.29 is 10.2 Å². The second-order valence-corrected chi connectivity index (χ2v) is 6.10. The van der Waals surface area contributed by atoms with Crippen molar-refractivity contribution in [2.75, 3.05) is 27.2 Å². The van der Waals surface area contributed by atoms with Gasteiger partial charge in [0.2, 0.25) is 0 Å². The van der Waals surface area contributed by atoms with E-state index < -0.39 is 0 Å². The van der Waals surface area contributed by atoms with Gasteiger partial charge in [-0.15, -0.1) is 5.10 Å². The van der Waals surface area contributed by atoms with Gasteiger partial charge in [0.25, 0.3) is 0 Å².